The number of benzene rings is 1. The third-order valence-corrected chi connectivity index (χ3v) is 5.59. The van der Waals surface area contributed by atoms with Gasteiger partial charge >= 0.3 is 0 Å². The number of aryl methyl sites for hydroxylation is 2. The molecule has 1 saturated heterocycles. The fourth-order valence-electron chi connectivity index (χ4n) is 3.03. The topological polar surface area (TPSA) is 29.9 Å². The first kappa shape index (κ1) is 15.1. The van der Waals surface area contributed by atoms with Crippen molar-refractivity contribution in [2.45, 2.75) is 32.2 Å². The number of hydrogen-bond acceptors (Lipinski definition) is 2. The Morgan fingerprint density at radius 2 is 2.19 bits per heavy atom. The van der Waals surface area contributed by atoms with Crippen LogP contribution < -0.4 is 5.32 Å². The van der Waals surface area contributed by atoms with Crippen molar-refractivity contribution in [2.24, 2.45) is 0 Å². The number of halogens is 2. The van der Waals surface area contributed by atoms with Gasteiger partial charge in [0, 0.05) is 36.5 Å². The first-order valence-electron chi connectivity index (χ1n) is 7.24. The summed E-state index contributed by atoms with van der Waals surface area (Å²) in [4.78, 5) is 0. The molecule has 0 amide bonds. The van der Waals surface area contributed by atoms with Crippen LogP contribution in [0.4, 0.5) is 0 Å². The summed E-state index contributed by atoms with van der Waals surface area (Å²) in [5, 5.41) is 8.83. The molecule has 1 aromatic heterocycles. The molecule has 3 rings (SSSR count). The molecule has 21 heavy (non-hydrogen) atoms. The third kappa shape index (κ3) is 2.65. The van der Waals surface area contributed by atoms with Crippen molar-refractivity contribution in [1.82, 2.24) is 15.1 Å². The summed E-state index contributed by atoms with van der Waals surface area (Å²) < 4.78 is 3.24. The van der Waals surface area contributed by atoms with Crippen LogP contribution in [0.5, 0.6) is 0 Å². The van der Waals surface area contributed by atoms with Gasteiger partial charge < -0.3 is 5.32 Å². The van der Waals surface area contributed by atoms with Crippen molar-refractivity contribution in [3.8, 4) is 0 Å². The average Bonchev–Trinajstić information content (AvgIpc) is 2.69. The molecule has 1 aromatic carbocycles. The molecular weight excluding hydrogens is 350 g/mol. The Morgan fingerprint density at radius 3 is 2.76 bits per heavy atom. The van der Waals surface area contributed by atoms with Gasteiger partial charge in [-0.15, -0.1) is 0 Å². The second kappa shape index (κ2) is 5.75. The minimum Gasteiger partial charge on any atom is -0.315 e. The van der Waals surface area contributed by atoms with Crippen LogP contribution in [0.2, 0.25) is 5.02 Å². The van der Waals surface area contributed by atoms with Gasteiger partial charge in [0.1, 0.15) is 0 Å². The van der Waals surface area contributed by atoms with Gasteiger partial charge in [-0.1, -0.05) is 23.7 Å². The number of rotatable bonds is 4. The summed E-state index contributed by atoms with van der Waals surface area (Å²) in [6.07, 6.45) is 0.968. The quantitative estimate of drug-likeness (QED) is 0.891. The molecule has 2 aromatic rings. The van der Waals surface area contributed by atoms with Gasteiger partial charge in [-0.25, -0.2) is 0 Å². The fraction of sp³-hybridized carbons (Fsp3) is 0.438. The predicted octanol–water partition coefficient (Wildman–Crippen LogP) is 3.71. The highest BCUT2D eigenvalue weighted by Crippen LogP contribution is 2.36. The zero-order chi connectivity index (χ0) is 15.0. The van der Waals surface area contributed by atoms with E-state index in [1.807, 2.05) is 19.1 Å². The second-order valence-corrected chi connectivity index (χ2v) is 6.96. The average molecular weight is 369 g/mol. The molecule has 3 nitrogen and oxygen atoms in total. The van der Waals surface area contributed by atoms with Gasteiger partial charge in [0.05, 0.1) is 15.9 Å². The number of nitrogens with one attached hydrogen (secondary N) is 1. The third-order valence-electron chi connectivity index (χ3n) is 4.32. The smallest absolute Gasteiger partial charge is 0.0738 e. The Labute approximate surface area is 138 Å². The molecule has 0 aliphatic carbocycles. The second-order valence-electron chi connectivity index (χ2n) is 5.73. The minimum atomic E-state index is 0.118. The van der Waals surface area contributed by atoms with Crippen LogP contribution in [-0.4, -0.2) is 22.9 Å². The maximum atomic E-state index is 6.18. The van der Waals surface area contributed by atoms with Crippen LogP contribution in [0.15, 0.2) is 28.7 Å². The Bertz CT molecular complexity index is 662. The summed E-state index contributed by atoms with van der Waals surface area (Å²) >= 11 is 9.89. The highest BCUT2D eigenvalue weighted by Gasteiger charge is 2.40. The Balaban J connectivity index is 1.99. The lowest BCUT2D eigenvalue weighted by Crippen LogP contribution is -2.58. The lowest BCUT2D eigenvalue weighted by Gasteiger charge is -2.43. The molecule has 5 heteroatoms. The number of nitrogens with zero attached hydrogens (tertiary/aromatic N) is 2. The van der Waals surface area contributed by atoms with Crippen molar-refractivity contribution in [1.29, 1.82) is 0 Å². The van der Waals surface area contributed by atoms with Crippen LogP contribution in [0.1, 0.15) is 23.9 Å². The normalized spacial score (nSPS) is 16.8. The van der Waals surface area contributed by atoms with E-state index < -0.39 is 0 Å². The zero-order valence-corrected chi connectivity index (χ0v) is 14.6. The molecule has 1 fully saturated rings. The Morgan fingerprint density at radius 1 is 1.43 bits per heavy atom. The van der Waals surface area contributed by atoms with Gasteiger partial charge in [0.2, 0.25) is 0 Å². The number of hydrogen-bond donors (Lipinski definition) is 1. The Kier molecular flexibility index (Phi) is 4.12. The maximum Gasteiger partial charge on any atom is 0.0738 e. The van der Waals surface area contributed by atoms with E-state index in [0.717, 1.165) is 41.2 Å². The monoisotopic (exact) mass is 367 g/mol. The summed E-state index contributed by atoms with van der Waals surface area (Å²) in [6.45, 7) is 7.03. The molecule has 0 bridgehead atoms. The zero-order valence-electron chi connectivity index (χ0n) is 12.3. The standard InChI is InChI=1S/C16H19BrClN3/c1-3-21-14(15(17)11(2)20-21)8-16(9-19-10-16)12-5-4-6-13(18)7-12/h4-7,19H,3,8-10H2,1-2H3. The van der Waals surface area contributed by atoms with Crippen LogP contribution in [0.3, 0.4) is 0 Å². The lowest BCUT2D eigenvalue weighted by atomic mass is 9.72. The van der Waals surface area contributed by atoms with Crippen molar-refractivity contribution in [3.63, 3.8) is 0 Å². The molecule has 1 aliphatic heterocycles. The molecule has 112 valence electrons. The SMILES string of the molecule is CCn1nc(C)c(Br)c1CC1(c2cccc(Cl)c2)CNC1. The molecule has 0 spiro atoms. The maximum absolute atomic E-state index is 6.18. The predicted molar refractivity (Wildman–Crippen MR) is 90.0 cm³/mol. The highest BCUT2D eigenvalue weighted by molar-refractivity contribution is 9.10. The van der Waals surface area contributed by atoms with E-state index in [2.05, 4.69) is 50.1 Å². The van der Waals surface area contributed by atoms with Gasteiger partial charge in [0.25, 0.3) is 0 Å². The first-order valence-corrected chi connectivity index (χ1v) is 8.41. The van der Waals surface area contributed by atoms with E-state index >= 15 is 0 Å². The van der Waals surface area contributed by atoms with Crippen LogP contribution in [-0.2, 0) is 18.4 Å². The minimum absolute atomic E-state index is 0.118. The van der Waals surface area contributed by atoms with Crippen LogP contribution >= 0.6 is 27.5 Å². The van der Waals surface area contributed by atoms with E-state index in [0.29, 0.717) is 0 Å². The number of aromatic nitrogens is 2. The molecule has 0 atom stereocenters. The molecule has 0 saturated carbocycles. The van der Waals surface area contributed by atoms with E-state index in [-0.39, 0.29) is 5.41 Å². The lowest BCUT2D eigenvalue weighted by molar-refractivity contribution is 0.268. The van der Waals surface area contributed by atoms with Crippen molar-refractivity contribution >= 4 is 27.5 Å². The van der Waals surface area contributed by atoms with Crippen LogP contribution in [0.25, 0.3) is 0 Å². The molecule has 2 heterocycles. The van der Waals surface area contributed by atoms with E-state index in [1.54, 1.807) is 0 Å². The van der Waals surface area contributed by atoms with E-state index in [4.69, 9.17) is 11.6 Å². The molecule has 1 N–H and O–H groups in total. The summed E-state index contributed by atoms with van der Waals surface area (Å²) in [7, 11) is 0. The highest BCUT2D eigenvalue weighted by atomic mass is 79.9. The molecule has 1 aliphatic rings. The van der Waals surface area contributed by atoms with Crippen molar-refractivity contribution in [3.05, 3.63) is 50.7 Å². The van der Waals surface area contributed by atoms with E-state index in [9.17, 15) is 0 Å². The fourth-order valence-corrected chi connectivity index (χ4v) is 3.65. The van der Waals surface area contributed by atoms with E-state index in [1.165, 1.54) is 11.3 Å². The Hall–Kier alpha value is -0.840. The summed E-state index contributed by atoms with van der Waals surface area (Å²) in [6, 6.07) is 8.24. The van der Waals surface area contributed by atoms with Crippen molar-refractivity contribution in [2.75, 3.05) is 13.1 Å². The van der Waals surface area contributed by atoms with Gasteiger partial charge in [0.15, 0.2) is 0 Å². The molecular formula is C16H19BrClN3. The van der Waals surface area contributed by atoms with Gasteiger partial charge in [-0.2, -0.15) is 5.10 Å². The first-order chi connectivity index (χ1) is 10.1. The summed E-state index contributed by atoms with van der Waals surface area (Å²) in [5.74, 6) is 0. The van der Waals surface area contributed by atoms with Gasteiger partial charge in [-0.05, 0) is 47.5 Å². The van der Waals surface area contributed by atoms with Gasteiger partial charge in [-0.3, -0.25) is 4.68 Å². The molecule has 0 radical (unpaired) electrons. The van der Waals surface area contributed by atoms with Crippen LogP contribution in [0, 0.1) is 6.92 Å². The van der Waals surface area contributed by atoms with Crippen molar-refractivity contribution < 1.29 is 0 Å². The summed E-state index contributed by atoms with van der Waals surface area (Å²) in [5.41, 5.74) is 3.76. The molecule has 0 unspecified atom stereocenters. The largest absolute Gasteiger partial charge is 0.315 e.